The van der Waals surface area contributed by atoms with Crippen LogP contribution >= 0.6 is 11.8 Å². The quantitative estimate of drug-likeness (QED) is 0.429. The molecule has 1 aliphatic heterocycles. The number of nitrogens with one attached hydrogen (secondary N) is 2. The number of amidine groups is 1. The van der Waals surface area contributed by atoms with Crippen LogP contribution in [0, 0.1) is 10.1 Å². The number of nitrogens with zero attached hydrogens (tertiary/aromatic N) is 3. The van der Waals surface area contributed by atoms with Gasteiger partial charge >= 0.3 is 0 Å². The van der Waals surface area contributed by atoms with Crippen LogP contribution in [0.15, 0.2) is 34.5 Å². The zero-order valence-corrected chi connectivity index (χ0v) is 15.2. The van der Waals surface area contributed by atoms with E-state index in [-0.39, 0.29) is 23.9 Å². The van der Waals surface area contributed by atoms with Gasteiger partial charge in [0.25, 0.3) is 5.69 Å². The molecule has 2 N–H and O–H groups in total. The van der Waals surface area contributed by atoms with E-state index < -0.39 is 10.2 Å². The molecule has 0 aliphatic carbocycles. The standard InChI is InChI=1S/C16H19N5O4S/c1-3-10(4-2)19-20-16-18-15(23)13(26-16)9-14(22)17-11-5-7-12(8-6-11)21(24)25/h5-8,13H,3-4,9H2,1-2H3,(H,17,22)(H,18,20,23). The Labute approximate surface area is 154 Å². The van der Waals surface area contributed by atoms with Gasteiger partial charge in [-0.3, -0.25) is 19.7 Å². The van der Waals surface area contributed by atoms with Gasteiger partial charge in [0, 0.05) is 30.0 Å². The molecule has 138 valence electrons. The molecule has 0 aromatic heterocycles. The van der Waals surface area contributed by atoms with E-state index in [4.69, 9.17) is 0 Å². The van der Waals surface area contributed by atoms with Gasteiger partial charge in [0.05, 0.1) is 4.92 Å². The van der Waals surface area contributed by atoms with Crippen molar-refractivity contribution < 1.29 is 14.5 Å². The molecule has 2 amide bonds. The van der Waals surface area contributed by atoms with Gasteiger partial charge in [-0.25, -0.2) is 0 Å². The normalized spacial score (nSPS) is 17.7. The summed E-state index contributed by atoms with van der Waals surface area (Å²) in [7, 11) is 0. The number of amides is 2. The fraction of sp³-hybridized carbons (Fsp3) is 0.375. The minimum atomic E-state index is -0.589. The molecule has 1 atom stereocenters. The first kappa shape index (κ1) is 19.6. The third kappa shape index (κ3) is 5.38. The lowest BCUT2D eigenvalue weighted by atomic mass is 10.2. The van der Waals surface area contributed by atoms with Gasteiger partial charge in [0.2, 0.25) is 11.8 Å². The molecule has 1 aliphatic rings. The number of anilines is 1. The highest BCUT2D eigenvalue weighted by Crippen LogP contribution is 2.23. The number of hydrogen-bond donors (Lipinski definition) is 2. The number of hydrogen-bond acceptors (Lipinski definition) is 7. The minimum absolute atomic E-state index is 0.0371. The zero-order chi connectivity index (χ0) is 19.1. The lowest BCUT2D eigenvalue weighted by Gasteiger charge is -2.07. The zero-order valence-electron chi connectivity index (χ0n) is 14.4. The van der Waals surface area contributed by atoms with Crippen molar-refractivity contribution in [3.63, 3.8) is 0 Å². The maximum atomic E-state index is 12.1. The van der Waals surface area contributed by atoms with Crippen molar-refractivity contribution in [1.29, 1.82) is 0 Å². The van der Waals surface area contributed by atoms with Crippen molar-refractivity contribution in [3.05, 3.63) is 34.4 Å². The second-order valence-electron chi connectivity index (χ2n) is 5.43. The van der Waals surface area contributed by atoms with Crippen LogP contribution in [-0.2, 0) is 9.59 Å². The van der Waals surface area contributed by atoms with E-state index >= 15 is 0 Å². The third-order valence-corrected chi connectivity index (χ3v) is 4.68. The van der Waals surface area contributed by atoms with Gasteiger partial charge in [-0.2, -0.15) is 5.10 Å². The predicted octanol–water partition coefficient (Wildman–Crippen LogP) is 2.69. The summed E-state index contributed by atoms with van der Waals surface area (Å²) in [5.41, 5.74) is 1.29. The van der Waals surface area contributed by atoms with E-state index in [1.54, 1.807) is 0 Å². The molecule has 1 aromatic carbocycles. The first-order valence-electron chi connectivity index (χ1n) is 8.08. The molecule has 10 heteroatoms. The van der Waals surface area contributed by atoms with Crippen LogP contribution < -0.4 is 10.6 Å². The Morgan fingerprint density at radius 3 is 2.54 bits per heavy atom. The molecule has 0 bridgehead atoms. The predicted molar refractivity (Wildman–Crippen MR) is 101 cm³/mol. The first-order valence-corrected chi connectivity index (χ1v) is 8.96. The first-order chi connectivity index (χ1) is 12.4. The number of non-ortho nitro benzene ring substituents is 1. The van der Waals surface area contributed by atoms with E-state index in [1.165, 1.54) is 24.3 Å². The Kier molecular flexibility index (Phi) is 6.84. The molecule has 1 saturated heterocycles. The Morgan fingerprint density at radius 2 is 1.96 bits per heavy atom. The fourth-order valence-electron chi connectivity index (χ4n) is 2.14. The number of thioether (sulfide) groups is 1. The van der Waals surface area contributed by atoms with Crippen molar-refractivity contribution in [2.24, 2.45) is 10.2 Å². The number of rotatable bonds is 7. The average Bonchev–Trinajstić information content (AvgIpc) is 2.95. The molecule has 26 heavy (non-hydrogen) atoms. The lowest BCUT2D eigenvalue weighted by Crippen LogP contribution is -2.28. The Balaban J connectivity index is 1.92. The molecular formula is C16H19N5O4S. The maximum absolute atomic E-state index is 12.1. The largest absolute Gasteiger partial charge is 0.326 e. The third-order valence-electron chi connectivity index (χ3n) is 3.61. The van der Waals surface area contributed by atoms with Gasteiger partial charge in [0.15, 0.2) is 5.17 Å². The SMILES string of the molecule is CCC(CC)=N/N=C1/NC(=O)C(CC(=O)Nc2ccc([N+](=O)[O-])cc2)S1. The highest BCUT2D eigenvalue weighted by molar-refractivity contribution is 8.15. The molecule has 1 heterocycles. The number of benzene rings is 1. The molecule has 0 radical (unpaired) electrons. The van der Waals surface area contributed by atoms with Crippen molar-refractivity contribution in [1.82, 2.24) is 5.32 Å². The van der Waals surface area contributed by atoms with Gasteiger partial charge in [-0.05, 0) is 25.0 Å². The Hall–Kier alpha value is -2.75. The molecule has 9 nitrogen and oxygen atoms in total. The van der Waals surface area contributed by atoms with Gasteiger partial charge in [-0.15, -0.1) is 5.10 Å². The second-order valence-corrected chi connectivity index (χ2v) is 6.62. The summed E-state index contributed by atoms with van der Waals surface area (Å²) in [6.45, 7) is 3.96. The number of nitro groups is 1. The molecule has 0 spiro atoms. The molecule has 1 fully saturated rings. The minimum Gasteiger partial charge on any atom is -0.326 e. The average molecular weight is 377 g/mol. The molecule has 1 unspecified atom stereocenters. The summed E-state index contributed by atoms with van der Waals surface area (Å²) < 4.78 is 0. The fourth-order valence-corrected chi connectivity index (χ4v) is 3.06. The summed E-state index contributed by atoms with van der Waals surface area (Å²) in [6.07, 6.45) is 1.53. The van der Waals surface area contributed by atoms with Crippen LogP contribution in [0.3, 0.4) is 0 Å². The molecule has 1 aromatic rings. The summed E-state index contributed by atoms with van der Waals surface area (Å²) in [5.74, 6) is -0.656. The van der Waals surface area contributed by atoms with E-state index in [9.17, 15) is 19.7 Å². The lowest BCUT2D eigenvalue weighted by molar-refractivity contribution is -0.384. The number of carbonyl (C=O) groups excluding carboxylic acids is 2. The van der Waals surface area contributed by atoms with Crippen LogP contribution in [-0.4, -0.2) is 32.9 Å². The smallest absolute Gasteiger partial charge is 0.269 e. The van der Waals surface area contributed by atoms with E-state index in [2.05, 4.69) is 20.8 Å². The molecule has 0 saturated carbocycles. The number of carbonyl (C=O) groups is 2. The van der Waals surface area contributed by atoms with Crippen LogP contribution in [0.1, 0.15) is 33.1 Å². The maximum Gasteiger partial charge on any atom is 0.269 e. The van der Waals surface area contributed by atoms with Gasteiger partial charge < -0.3 is 10.6 Å². The van der Waals surface area contributed by atoms with Gasteiger partial charge in [0.1, 0.15) is 5.25 Å². The van der Waals surface area contributed by atoms with Crippen LogP contribution in [0.5, 0.6) is 0 Å². The second kappa shape index (κ2) is 9.09. The molecular weight excluding hydrogens is 358 g/mol. The summed E-state index contributed by atoms with van der Waals surface area (Å²) in [5, 5.41) is 23.7. The van der Waals surface area contributed by atoms with Crippen molar-refractivity contribution in [2.75, 3.05) is 5.32 Å². The Morgan fingerprint density at radius 1 is 1.31 bits per heavy atom. The highest BCUT2D eigenvalue weighted by atomic mass is 32.2. The Bertz CT molecular complexity index is 754. The topological polar surface area (TPSA) is 126 Å². The van der Waals surface area contributed by atoms with Crippen molar-refractivity contribution >= 4 is 45.8 Å². The van der Waals surface area contributed by atoms with E-state index in [1.807, 2.05) is 13.8 Å². The molecule has 2 rings (SSSR count). The van der Waals surface area contributed by atoms with Crippen molar-refractivity contribution in [3.8, 4) is 0 Å². The number of nitro benzene ring substituents is 1. The van der Waals surface area contributed by atoms with Crippen LogP contribution in [0.25, 0.3) is 0 Å². The van der Waals surface area contributed by atoms with E-state index in [0.717, 1.165) is 30.3 Å². The summed E-state index contributed by atoms with van der Waals surface area (Å²) in [6, 6.07) is 5.48. The van der Waals surface area contributed by atoms with Crippen LogP contribution in [0.2, 0.25) is 0 Å². The summed E-state index contributed by atoms with van der Waals surface area (Å²) in [4.78, 5) is 34.2. The summed E-state index contributed by atoms with van der Waals surface area (Å²) >= 11 is 1.16. The van der Waals surface area contributed by atoms with E-state index in [0.29, 0.717) is 10.9 Å². The van der Waals surface area contributed by atoms with Crippen LogP contribution in [0.4, 0.5) is 11.4 Å². The van der Waals surface area contributed by atoms with Gasteiger partial charge in [-0.1, -0.05) is 25.6 Å². The highest BCUT2D eigenvalue weighted by Gasteiger charge is 2.32. The van der Waals surface area contributed by atoms with Crippen molar-refractivity contribution in [2.45, 2.75) is 38.4 Å². The monoisotopic (exact) mass is 377 g/mol.